The fourth-order valence-corrected chi connectivity index (χ4v) is 2.62. The molecule has 0 aliphatic carbocycles. The Kier molecular flexibility index (Phi) is 25.6. The van der Waals surface area contributed by atoms with Crippen LogP contribution in [0.1, 0.15) is 119 Å². The minimum Gasteiger partial charge on any atom is -1.00 e. The quantitative estimate of drug-likeness (QED) is 0.223. The first-order valence-corrected chi connectivity index (χ1v) is 8.91. The molecule has 0 heterocycles. The first-order chi connectivity index (χ1) is 8.91. The van der Waals surface area contributed by atoms with E-state index in [2.05, 4.69) is 13.8 Å². The van der Waals surface area contributed by atoms with Crippen molar-refractivity contribution in [2.75, 3.05) is 0 Å². The normalized spacial score (nSPS) is 10.4. The average molecular weight is 297 g/mol. The SMILES string of the molecule is CCCCCCCCCCCCCCCCCC.[Ca+2].[H-].[H-]. The largest absolute Gasteiger partial charge is 2.00 e. The van der Waals surface area contributed by atoms with Crippen LogP contribution in [0.15, 0.2) is 0 Å². The molecule has 0 amide bonds. The number of hydrogen-bond donors (Lipinski definition) is 0. The predicted octanol–water partition coefficient (Wildman–Crippen LogP) is 7.11. The molecule has 0 N–H and O–H groups in total. The fourth-order valence-electron chi connectivity index (χ4n) is 2.62. The van der Waals surface area contributed by atoms with Crippen molar-refractivity contribution in [1.82, 2.24) is 0 Å². The zero-order valence-electron chi connectivity index (χ0n) is 16.0. The molecule has 0 aromatic rings. The van der Waals surface area contributed by atoms with Gasteiger partial charge < -0.3 is 2.85 Å². The summed E-state index contributed by atoms with van der Waals surface area (Å²) in [5.74, 6) is 0. The molecule has 114 valence electrons. The number of rotatable bonds is 15. The number of unbranched alkanes of at least 4 members (excludes halogenated alkanes) is 15. The molecule has 0 nitrogen and oxygen atoms in total. The molecule has 0 atom stereocenters. The Morgan fingerprint density at radius 1 is 0.368 bits per heavy atom. The average Bonchev–Trinajstić information content (AvgIpc) is 2.39. The molecule has 0 bridgehead atoms. The Bertz CT molecular complexity index is 127. The molecular weight excluding hydrogens is 256 g/mol. The minimum absolute atomic E-state index is 0. The van der Waals surface area contributed by atoms with Crippen LogP contribution in [0.2, 0.25) is 0 Å². The van der Waals surface area contributed by atoms with Gasteiger partial charge in [-0.05, 0) is 0 Å². The van der Waals surface area contributed by atoms with Crippen LogP contribution >= 0.6 is 0 Å². The van der Waals surface area contributed by atoms with Crippen LogP contribution in [0.4, 0.5) is 0 Å². The van der Waals surface area contributed by atoms with Crippen molar-refractivity contribution in [1.29, 1.82) is 0 Å². The van der Waals surface area contributed by atoms with Gasteiger partial charge in [0.2, 0.25) is 0 Å². The van der Waals surface area contributed by atoms with Crippen molar-refractivity contribution < 1.29 is 2.85 Å². The van der Waals surface area contributed by atoms with Crippen molar-refractivity contribution >= 4 is 37.7 Å². The van der Waals surface area contributed by atoms with Crippen molar-refractivity contribution in [3.05, 3.63) is 0 Å². The van der Waals surface area contributed by atoms with Gasteiger partial charge in [0, 0.05) is 0 Å². The van der Waals surface area contributed by atoms with Crippen molar-refractivity contribution in [2.24, 2.45) is 0 Å². The smallest absolute Gasteiger partial charge is 1.00 e. The van der Waals surface area contributed by atoms with E-state index in [1.54, 1.807) is 0 Å². The van der Waals surface area contributed by atoms with Crippen LogP contribution in [0, 0.1) is 0 Å². The molecule has 0 fully saturated rings. The van der Waals surface area contributed by atoms with Crippen LogP contribution in [0.25, 0.3) is 0 Å². The predicted molar refractivity (Wildman–Crippen MR) is 93.2 cm³/mol. The van der Waals surface area contributed by atoms with Crippen LogP contribution in [0.5, 0.6) is 0 Å². The van der Waals surface area contributed by atoms with E-state index in [0.29, 0.717) is 0 Å². The molecule has 0 aromatic carbocycles. The van der Waals surface area contributed by atoms with Gasteiger partial charge in [-0.25, -0.2) is 0 Å². The third kappa shape index (κ3) is 21.7. The maximum atomic E-state index is 2.29. The third-order valence-corrected chi connectivity index (χ3v) is 3.96. The molecular formula is C18H40Ca. The zero-order valence-corrected chi connectivity index (χ0v) is 16.2. The summed E-state index contributed by atoms with van der Waals surface area (Å²) in [5.41, 5.74) is 0. The summed E-state index contributed by atoms with van der Waals surface area (Å²) in [6.45, 7) is 4.59. The van der Waals surface area contributed by atoms with E-state index in [1.807, 2.05) is 0 Å². The maximum Gasteiger partial charge on any atom is 2.00 e. The first-order valence-electron chi connectivity index (χ1n) is 8.91. The monoisotopic (exact) mass is 296 g/mol. The van der Waals surface area contributed by atoms with Crippen molar-refractivity contribution in [2.45, 2.75) is 117 Å². The van der Waals surface area contributed by atoms with Crippen LogP contribution in [0.3, 0.4) is 0 Å². The zero-order chi connectivity index (χ0) is 13.3. The van der Waals surface area contributed by atoms with E-state index in [-0.39, 0.29) is 40.6 Å². The second-order valence-electron chi connectivity index (χ2n) is 5.95. The van der Waals surface area contributed by atoms with E-state index in [0.717, 1.165) is 0 Å². The Labute approximate surface area is 156 Å². The van der Waals surface area contributed by atoms with Gasteiger partial charge in [0.15, 0.2) is 0 Å². The summed E-state index contributed by atoms with van der Waals surface area (Å²) < 4.78 is 0. The summed E-state index contributed by atoms with van der Waals surface area (Å²) >= 11 is 0. The minimum atomic E-state index is 0. The molecule has 0 aromatic heterocycles. The topological polar surface area (TPSA) is 0 Å². The van der Waals surface area contributed by atoms with Gasteiger partial charge >= 0.3 is 37.7 Å². The molecule has 0 unspecified atom stereocenters. The van der Waals surface area contributed by atoms with Crippen LogP contribution in [-0.4, -0.2) is 37.7 Å². The summed E-state index contributed by atoms with van der Waals surface area (Å²) in [4.78, 5) is 0. The van der Waals surface area contributed by atoms with Gasteiger partial charge in [0.25, 0.3) is 0 Å². The van der Waals surface area contributed by atoms with Crippen molar-refractivity contribution in [3.8, 4) is 0 Å². The second kappa shape index (κ2) is 21.6. The van der Waals surface area contributed by atoms with Crippen LogP contribution in [-0.2, 0) is 0 Å². The first kappa shape index (κ1) is 22.5. The molecule has 0 rings (SSSR count). The molecule has 19 heavy (non-hydrogen) atoms. The van der Waals surface area contributed by atoms with E-state index in [9.17, 15) is 0 Å². The van der Waals surface area contributed by atoms with E-state index >= 15 is 0 Å². The second-order valence-corrected chi connectivity index (χ2v) is 5.95. The van der Waals surface area contributed by atoms with Gasteiger partial charge in [-0.2, -0.15) is 0 Å². The van der Waals surface area contributed by atoms with E-state index < -0.39 is 0 Å². The molecule has 1 heteroatoms. The number of hydrogen-bond acceptors (Lipinski definition) is 0. The third-order valence-electron chi connectivity index (χ3n) is 3.96. The van der Waals surface area contributed by atoms with E-state index in [1.165, 1.54) is 103 Å². The summed E-state index contributed by atoms with van der Waals surface area (Å²) in [7, 11) is 0. The Morgan fingerprint density at radius 2 is 0.526 bits per heavy atom. The van der Waals surface area contributed by atoms with Crippen molar-refractivity contribution in [3.63, 3.8) is 0 Å². The Balaban J connectivity index is -0.000000482. The fraction of sp³-hybridized carbons (Fsp3) is 1.00. The van der Waals surface area contributed by atoms with Crippen LogP contribution < -0.4 is 0 Å². The summed E-state index contributed by atoms with van der Waals surface area (Å²) in [5, 5.41) is 0. The maximum absolute atomic E-state index is 2.29. The van der Waals surface area contributed by atoms with Gasteiger partial charge in [-0.15, -0.1) is 0 Å². The standard InChI is InChI=1S/C18H38.Ca.2H/c1-3-5-7-9-11-13-15-17-18-16-14-12-10-8-6-4-2;;;/h3-18H2,1-2H3;;;/q;+2;2*-1. The Morgan fingerprint density at radius 3 is 0.684 bits per heavy atom. The molecule has 0 saturated carbocycles. The molecule has 0 spiro atoms. The Hall–Kier alpha value is 1.26. The van der Waals surface area contributed by atoms with E-state index in [4.69, 9.17) is 0 Å². The molecule has 0 aliphatic heterocycles. The summed E-state index contributed by atoms with van der Waals surface area (Å²) in [6, 6.07) is 0. The van der Waals surface area contributed by atoms with Gasteiger partial charge in [0.1, 0.15) is 0 Å². The van der Waals surface area contributed by atoms with Gasteiger partial charge in [-0.1, -0.05) is 117 Å². The molecule has 0 aliphatic rings. The molecule has 0 saturated heterocycles. The summed E-state index contributed by atoms with van der Waals surface area (Å²) in [6.07, 6.45) is 23.4. The van der Waals surface area contributed by atoms with Gasteiger partial charge in [0.05, 0.1) is 0 Å². The molecule has 0 radical (unpaired) electrons. The van der Waals surface area contributed by atoms with Gasteiger partial charge in [-0.3, -0.25) is 0 Å².